The van der Waals surface area contributed by atoms with Crippen LogP contribution in [0.25, 0.3) is 0 Å². The predicted molar refractivity (Wildman–Crippen MR) is 56.6 cm³/mol. The number of hydrogen-bond acceptors (Lipinski definition) is 3. The molecule has 1 rings (SSSR count). The van der Waals surface area contributed by atoms with E-state index >= 15 is 0 Å². The number of carboxylic acid groups (broad SMARTS) is 1. The van der Waals surface area contributed by atoms with Crippen molar-refractivity contribution < 1.29 is 9.90 Å². The first-order valence-corrected chi connectivity index (χ1v) is 4.57. The van der Waals surface area contributed by atoms with Gasteiger partial charge < -0.3 is 10.4 Å². The highest BCUT2D eigenvalue weighted by Gasteiger charge is 2.02. The van der Waals surface area contributed by atoms with Gasteiger partial charge in [-0.15, -0.1) is 0 Å². The van der Waals surface area contributed by atoms with E-state index in [4.69, 9.17) is 5.11 Å². The molecule has 0 aliphatic carbocycles. The molecule has 4 heteroatoms. The Labute approximate surface area is 88.3 Å². The Bertz CT molecular complexity index is 405. The van der Waals surface area contributed by atoms with Gasteiger partial charge in [0.15, 0.2) is 0 Å². The standard InChI is InChI=1S/C11H12N2O2/c1-12-6-3-2-4-9-5-7-13-10(8-9)11(14)15/h5,7-8,12H,3,6H2,1H3,(H,14,15). The summed E-state index contributed by atoms with van der Waals surface area (Å²) in [5.74, 6) is 4.78. The molecule has 15 heavy (non-hydrogen) atoms. The molecule has 0 fully saturated rings. The lowest BCUT2D eigenvalue weighted by Gasteiger charge is -1.93. The fraction of sp³-hybridized carbons (Fsp3) is 0.273. The Hall–Kier alpha value is -1.86. The molecule has 0 aromatic carbocycles. The van der Waals surface area contributed by atoms with Crippen LogP contribution >= 0.6 is 0 Å². The third-order valence-electron chi connectivity index (χ3n) is 1.71. The molecule has 0 unspecified atom stereocenters. The molecule has 0 saturated heterocycles. The van der Waals surface area contributed by atoms with Gasteiger partial charge in [0.2, 0.25) is 0 Å². The van der Waals surface area contributed by atoms with Crippen LogP contribution in [0.4, 0.5) is 0 Å². The SMILES string of the molecule is CNCCC#Cc1ccnc(C(=O)O)c1. The van der Waals surface area contributed by atoms with E-state index in [0.717, 1.165) is 13.0 Å². The molecule has 0 saturated carbocycles. The molecular formula is C11H12N2O2. The quantitative estimate of drug-likeness (QED) is 0.563. The lowest BCUT2D eigenvalue weighted by atomic mass is 10.2. The molecule has 4 nitrogen and oxygen atoms in total. The number of rotatable bonds is 3. The maximum absolute atomic E-state index is 10.6. The van der Waals surface area contributed by atoms with E-state index in [-0.39, 0.29) is 5.69 Å². The number of carboxylic acids is 1. The number of hydrogen-bond donors (Lipinski definition) is 2. The summed E-state index contributed by atoms with van der Waals surface area (Å²) in [4.78, 5) is 14.3. The van der Waals surface area contributed by atoms with Crippen molar-refractivity contribution in [2.75, 3.05) is 13.6 Å². The Balaban J connectivity index is 2.72. The lowest BCUT2D eigenvalue weighted by Crippen LogP contribution is -2.05. The molecule has 0 atom stereocenters. The predicted octanol–water partition coefficient (Wildman–Crippen LogP) is 0.741. The summed E-state index contributed by atoms with van der Waals surface area (Å²) in [6.45, 7) is 0.823. The van der Waals surface area contributed by atoms with Crippen molar-refractivity contribution in [3.63, 3.8) is 0 Å². The van der Waals surface area contributed by atoms with Crippen LogP contribution in [0.15, 0.2) is 18.3 Å². The summed E-state index contributed by atoms with van der Waals surface area (Å²) in [6, 6.07) is 3.16. The van der Waals surface area contributed by atoms with Gasteiger partial charge in [-0.3, -0.25) is 0 Å². The van der Waals surface area contributed by atoms with Gasteiger partial charge in [-0.2, -0.15) is 0 Å². The molecule has 1 heterocycles. The largest absolute Gasteiger partial charge is 0.477 e. The first-order chi connectivity index (χ1) is 7.24. The minimum absolute atomic E-state index is 0.0235. The Kier molecular flexibility index (Phi) is 4.32. The third-order valence-corrected chi connectivity index (χ3v) is 1.71. The molecule has 0 spiro atoms. The second kappa shape index (κ2) is 5.78. The maximum Gasteiger partial charge on any atom is 0.354 e. The number of carbonyl (C=O) groups is 1. The van der Waals surface area contributed by atoms with Crippen molar-refractivity contribution in [1.82, 2.24) is 10.3 Å². The van der Waals surface area contributed by atoms with E-state index < -0.39 is 5.97 Å². The summed E-state index contributed by atoms with van der Waals surface area (Å²) >= 11 is 0. The number of aromatic nitrogens is 1. The van der Waals surface area contributed by atoms with E-state index in [1.807, 2.05) is 7.05 Å². The van der Waals surface area contributed by atoms with Gasteiger partial charge in [-0.05, 0) is 19.2 Å². The zero-order valence-corrected chi connectivity index (χ0v) is 8.45. The third kappa shape index (κ3) is 3.79. The van der Waals surface area contributed by atoms with Gasteiger partial charge >= 0.3 is 5.97 Å². The average molecular weight is 204 g/mol. The maximum atomic E-state index is 10.6. The molecule has 78 valence electrons. The van der Waals surface area contributed by atoms with E-state index in [1.54, 1.807) is 6.07 Å². The van der Waals surface area contributed by atoms with Crippen molar-refractivity contribution in [2.24, 2.45) is 0 Å². The summed E-state index contributed by atoms with van der Waals surface area (Å²) in [7, 11) is 1.86. The van der Waals surface area contributed by atoms with Gasteiger partial charge in [0.25, 0.3) is 0 Å². The van der Waals surface area contributed by atoms with Crippen LogP contribution in [-0.4, -0.2) is 29.7 Å². The highest BCUT2D eigenvalue weighted by atomic mass is 16.4. The van der Waals surface area contributed by atoms with Gasteiger partial charge in [-0.1, -0.05) is 11.8 Å². The monoisotopic (exact) mass is 204 g/mol. The number of pyridine rings is 1. The molecule has 1 aromatic heterocycles. The van der Waals surface area contributed by atoms with Crippen LogP contribution in [0.2, 0.25) is 0 Å². The Morgan fingerprint density at radius 1 is 1.67 bits per heavy atom. The van der Waals surface area contributed by atoms with Crippen LogP contribution < -0.4 is 5.32 Å². The minimum Gasteiger partial charge on any atom is -0.477 e. The summed E-state index contributed by atoms with van der Waals surface area (Å²) in [5, 5.41) is 11.7. The van der Waals surface area contributed by atoms with Crippen molar-refractivity contribution in [3.05, 3.63) is 29.6 Å². The van der Waals surface area contributed by atoms with Crippen LogP contribution in [0.5, 0.6) is 0 Å². The van der Waals surface area contributed by atoms with E-state index in [0.29, 0.717) is 5.56 Å². The fourth-order valence-corrected chi connectivity index (χ4v) is 0.977. The topological polar surface area (TPSA) is 62.2 Å². The number of nitrogens with one attached hydrogen (secondary N) is 1. The van der Waals surface area contributed by atoms with E-state index in [9.17, 15) is 4.79 Å². The second-order valence-corrected chi connectivity index (χ2v) is 2.89. The lowest BCUT2D eigenvalue weighted by molar-refractivity contribution is 0.0690. The molecule has 1 aromatic rings. The van der Waals surface area contributed by atoms with Crippen LogP contribution in [0.1, 0.15) is 22.5 Å². The molecule has 0 aliphatic heterocycles. The number of nitrogens with zero attached hydrogens (tertiary/aromatic N) is 1. The van der Waals surface area contributed by atoms with Crippen LogP contribution in [0, 0.1) is 11.8 Å². The van der Waals surface area contributed by atoms with E-state index in [2.05, 4.69) is 22.1 Å². The smallest absolute Gasteiger partial charge is 0.354 e. The molecule has 2 N–H and O–H groups in total. The van der Waals surface area contributed by atoms with Crippen LogP contribution in [0.3, 0.4) is 0 Å². The first kappa shape index (κ1) is 11.2. The highest BCUT2D eigenvalue weighted by molar-refractivity contribution is 5.85. The zero-order chi connectivity index (χ0) is 11.1. The second-order valence-electron chi connectivity index (χ2n) is 2.89. The summed E-state index contributed by atoms with van der Waals surface area (Å²) in [6.07, 6.45) is 2.19. The molecule has 0 amide bonds. The highest BCUT2D eigenvalue weighted by Crippen LogP contribution is 1.99. The van der Waals surface area contributed by atoms with Crippen molar-refractivity contribution in [2.45, 2.75) is 6.42 Å². The zero-order valence-electron chi connectivity index (χ0n) is 8.45. The fourth-order valence-electron chi connectivity index (χ4n) is 0.977. The minimum atomic E-state index is -1.03. The molecule has 0 bridgehead atoms. The van der Waals surface area contributed by atoms with Crippen LogP contribution in [-0.2, 0) is 0 Å². The summed E-state index contributed by atoms with van der Waals surface area (Å²) in [5.41, 5.74) is 0.703. The van der Waals surface area contributed by atoms with Crippen molar-refractivity contribution in [3.8, 4) is 11.8 Å². The van der Waals surface area contributed by atoms with Gasteiger partial charge in [0.05, 0.1) is 0 Å². The average Bonchev–Trinajstić information content (AvgIpc) is 2.25. The van der Waals surface area contributed by atoms with Gasteiger partial charge in [0, 0.05) is 24.7 Å². The van der Waals surface area contributed by atoms with Crippen molar-refractivity contribution in [1.29, 1.82) is 0 Å². The van der Waals surface area contributed by atoms with Gasteiger partial charge in [-0.25, -0.2) is 9.78 Å². The summed E-state index contributed by atoms with van der Waals surface area (Å²) < 4.78 is 0. The normalized spacial score (nSPS) is 9.13. The Morgan fingerprint density at radius 3 is 3.13 bits per heavy atom. The number of aromatic carboxylic acids is 1. The molecular weight excluding hydrogens is 192 g/mol. The van der Waals surface area contributed by atoms with Crippen molar-refractivity contribution >= 4 is 5.97 Å². The Morgan fingerprint density at radius 2 is 2.47 bits per heavy atom. The molecule has 0 aliphatic rings. The first-order valence-electron chi connectivity index (χ1n) is 4.57. The van der Waals surface area contributed by atoms with E-state index in [1.165, 1.54) is 12.3 Å². The van der Waals surface area contributed by atoms with Gasteiger partial charge in [0.1, 0.15) is 5.69 Å². The molecule has 0 radical (unpaired) electrons.